The molecule has 126 valence electrons. The number of hydrogen-bond acceptors (Lipinski definition) is 4. The van der Waals surface area contributed by atoms with E-state index in [2.05, 4.69) is 53.7 Å². The fraction of sp³-hybridized carbons (Fsp3) is 0.200. The van der Waals surface area contributed by atoms with E-state index >= 15 is 0 Å². The predicted molar refractivity (Wildman–Crippen MR) is 103 cm³/mol. The maximum atomic E-state index is 5.56. The molecular formula is C20H19N3OS. The molecule has 5 heteroatoms. The van der Waals surface area contributed by atoms with Crippen LogP contribution in [0.1, 0.15) is 28.6 Å². The van der Waals surface area contributed by atoms with E-state index < -0.39 is 0 Å². The number of hydrogen-bond donors (Lipinski definition) is 0. The Balaban J connectivity index is 1.60. The molecule has 0 spiro atoms. The average Bonchev–Trinajstić information content (AvgIpc) is 3.13. The molecule has 0 unspecified atom stereocenters. The molecule has 2 aromatic carbocycles. The predicted octanol–water partition coefficient (Wildman–Crippen LogP) is 5.11. The minimum Gasteiger partial charge on any atom is -0.391 e. The Hall–Kier alpha value is -2.66. The lowest BCUT2D eigenvalue weighted by molar-refractivity contribution is 0.130. The average molecular weight is 349 g/mol. The first-order valence-electron chi connectivity index (χ1n) is 8.22. The Morgan fingerprint density at radius 1 is 1.12 bits per heavy atom. The summed E-state index contributed by atoms with van der Waals surface area (Å²) < 4.78 is 2.19. The largest absolute Gasteiger partial charge is 0.391 e. The smallest absolute Gasteiger partial charge is 0.195 e. The van der Waals surface area contributed by atoms with E-state index in [-0.39, 0.29) is 0 Å². The molecule has 0 atom stereocenters. The van der Waals surface area contributed by atoms with E-state index in [1.165, 1.54) is 5.56 Å². The number of benzene rings is 2. The third kappa shape index (κ3) is 2.91. The Labute approximate surface area is 150 Å². The van der Waals surface area contributed by atoms with Gasteiger partial charge < -0.3 is 4.84 Å². The molecule has 0 N–H and O–H groups in total. The van der Waals surface area contributed by atoms with Gasteiger partial charge in [-0.15, -0.1) is 0 Å². The van der Waals surface area contributed by atoms with Crippen molar-refractivity contribution in [3.8, 4) is 0 Å². The van der Waals surface area contributed by atoms with Gasteiger partial charge >= 0.3 is 0 Å². The van der Waals surface area contributed by atoms with Gasteiger partial charge in [0.15, 0.2) is 4.96 Å². The topological polar surface area (TPSA) is 38.9 Å². The first-order valence-corrected chi connectivity index (χ1v) is 9.04. The summed E-state index contributed by atoms with van der Waals surface area (Å²) in [6, 6.07) is 16.5. The Kier molecular flexibility index (Phi) is 4.01. The van der Waals surface area contributed by atoms with E-state index in [9.17, 15) is 0 Å². The molecule has 25 heavy (non-hydrogen) atoms. The molecule has 2 aromatic heterocycles. The lowest BCUT2D eigenvalue weighted by Crippen LogP contribution is -1.98. The van der Waals surface area contributed by atoms with Crippen LogP contribution in [-0.4, -0.2) is 15.1 Å². The number of nitrogens with zero attached hydrogens (tertiary/aromatic N) is 3. The Morgan fingerprint density at radius 2 is 1.88 bits per heavy atom. The molecule has 0 bridgehead atoms. The van der Waals surface area contributed by atoms with Gasteiger partial charge in [-0.05, 0) is 38.5 Å². The first kappa shape index (κ1) is 15.8. The summed E-state index contributed by atoms with van der Waals surface area (Å²) in [5.41, 5.74) is 6.54. The van der Waals surface area contributed by atoms with Gasteiger partial charge in [-0.25, -0.2) is 4.98 Å². The van der Waals surface area contributed by atoms with Crippen LogP contribution in [0, 0.1) is 13.8 Å². The quantitative estimate of drug-likeness (QED) is 0.379. The summed E-state index contributed by atoms with van der Waals surface area (Å²) in [6.07, 6.45) is 0. The summed E-state index contributed by atoms with van der Waals surface area (Å²) in [5, 5.41) is 4.31. The summed E-state index contributed by atoms with van der Waals surface area (Å²) in [7, 11) is 0. The molecule has 0 fully saturated rings. The second kappa shape index (κ2) is 6.33. The van der Waals surface area contributed by atoms with E-state index in [4.69, 9.17) is 9.82 Å². The van der Waals surface area contributed by atoms with Gasteiger partial charge in [-0.3, -0.25) is 4.40 Å². The molecule has 4 nitrogen and oxygen atoms in total. The second-order valence-corrected chi connectivity index (χ2v) is 7.15. The molecule has 0 amide bonds. The lowest BCUT2D eigenvalue weighted by atomic mass is 10.2. The second-order valence-electron chi connectivity index (χ2n) is 6.17. The zero-order chi connectivity index (χ0) is 17.4. The van der Waals surface area contributed by atoms with Crippen molar-refractivity contribution < 1.29 is 4.84 Å². The standard InChI is InChI=1S/C20H19N3OS/c1-13-8-10-16(11-9-13)12-24-22-14(2)19-15(3)23-18-7-5-4-6-17(18)21-20(23)25-19/h4-11H,12H2,1-3H3. The van der Waals surface area contributed by atoms with E-state index in [1.54, 1.807) is 11.3 Å². The highest BCUT2D eigenvalue weighted by Gasteiger charge is 2.15. The SMILES string of the molecule is CC(=NOCc1ccc(C)cc1)c1sc2nc3ccccc3n2c1C. The van der Waals surface area contributed by atoms with Gasteiger partial charge in [0.05, 0.1) is 21.6 Å². The molecule has 0 aliphatic carbocycles. The van der Waals surface area contributed by atoms with Gasteiger partial charge in [-0.1, -0.05) is 58.5 Å². The monoisotopic (exact) mass is 349 g/mol. The summed E-state index contributed by atoms with van der Waals surface area (Å²) in [4.78, 5) is 12.4. The van der Waals surface area contributed by atoms with E-state index in [0.29, 0.717) is 6.61 Å². The molecule has 0 aliphatic heterocycles. The number of aromatic nitrogens is 2. The van der Waals surface area contributed by atoms with Gasteiger partial charge in [-0.2, -0.15) is 0 Å². The zero-order valence-corrected chi connectivity index (χ0v) is 15.3. The minimum absolute atomic E-state index is 0.474. The van der Waals surface area contributed by atoms with Gasteiger partial charge in [0.25, 0.3) is 0 Å². The number of imidazole rings is 1. The van der Waals surface area contributed by atoms with Crippen molar-refractivity contribution in [1.29, 1.82) is 0 Å². The van der Waals surface area contributed by atoms with Crippen molar-refractivity contribution in [3.05, 3.63) is 70.2 Å². The maximum absolute atomic E-state index is 5.56. The number of para-hydroxylation sites is 2. The summed E-state index contributed by atoms with van der Waals surface area (Å²) in [5.74, 6) is 0. The Morgan fingerprint density at radius 3 is 2.68 bits per heavy atom. The fourth-order valence-electron chi connectivity index (χ4n) is 2.93. The first-order chi connectivity index (χ1) is 12.1. The highest BCUT2D eigenvalue weighted by Crippen LogP contribution is 2.28. The molecular weight excluding hydrogens is 330 g/mol. The highest BCUT2D eigenvalue weighted by molar-refractivity contribution is 7.19. The van der Waals surface area contributed by atoms with Crippen molar-refractivity contribution in [1.82, 2.24) is 9.38 Å². The van der Waals surface area contributed by atoms with Crippen LogP contribution in [0.15, 0.2) is 53.7 Å². The number of aryl methyl sites for hydroxylation is 2. The fourth-order valence-corrected chi connectivity index (χ4v) is 4.01. The number of oxime groups is 1. The van der Waals surface area contributed by atoms with Gasteiger partial charge in [0.2, 0.25) is 0 Å². The number of fused-ring (bicyclic) bond motifs is 3. The third-order valence-corrected chi connectivity index (χ3v) is 5.52. The van der Waals surface area contributed by atoms with Crippen LogP contribution >= 0.6 is 11.3 Å². The molecule has 0 saturated carbocycles. The van der Waals surface area contributed by atoms with Crippen molar-refractivity contribution in [2.45, 2.75) is 27.4 Å². The normalized spacial score (nSPS) is 12.2. The van der Waals surface area contributed by atoms with Crippen molar-refractivity contribution in [2.24, 2.45) is 5.16 Å². The molecule has 4 aromatic rings. The van der Waals surface area contributed by atoms with Crippen LogP contribution in [0.4, 0.5) is 0 Å². The van der Waals surface area contributed by atoms with Crippen LogP contribution in [0.25, 0.3) is 16.0 Å². The van der Waals surface area contributed by atoms with E-state index in [1.807, 2.05) is 25.1 Å². The summed E-state index contributed by atoms with van der Waals surface area (Å²) >= 11 is 1.65. The summed E-state index contributed by atoms with van der Waals surface area (Å²) in [6.45, 7) is 6.64. The van der Waals surface area contributed by atoms with Crippen LogP contribution in [0.3, 0.4) is 0 Å². The minimum atomic E-state index is 0.474. The van der Waals surface area contributed by atoms with E-state index in [0.717, 1.165) is 37.8 Å². The molecule has 0 aliphatic rings. The van der Waals surface area contributed by atoms with Crippen molar-refractivity contribution in [2.75, 3.05) is 0 Å². The molecule has 0 saturated heterocycles. The Bertz CT molecular complexity index is 1070. The lowest BCUT2D eigenvalue weighted by Gasteiger charge is -2.03. The number of rotatable bonds is 4. The van der Waals surface area contributed by atoms with Crippen LogP contribution in [-0.2, 0) is 11.4 Å². The van der Waals surface area contributed by atoms with Crippen molar-refractivity contribution >= 4 is 33.0 Å². The third-order valence-electron chi connectivity index (χ3n) is 4.27. The maximum Gasteiger partial charge on any atom is 0.195 e. The van der Waals surface area contributed by atoms with Crippen LogP contribution in [0.2, 0.25) is 0 Å². The number of thiazole rings is 1. The molecule has 2 heterocycles. The van der Waals surface area contributed by atoms with Crippen molar-refractivity contribution in [3.63, 3.8) is 0 Å². The van der Waals surface area contributed by atoms with Crippen LogP contribution < -0.4 is 0 Å². The van der Waals surface area contributed by atoms with Gasteiger partial charge in [0, 0.05) is 5.69 Å². The molecule has 0 radical (unpaired) electrons. The van der Waals surface area contributed by atoms with Crippen LogP contribution in [0.5, 0.6) is 0 Å². The highest BCUT2D eigenvalue weighted by atomic mass is 32.1. The zero-order valence-electron chi connectivity index (χ0n) is 14.5. The van der Waals surface area contributed by atoms with Gasteiger partial charge in [0.1, 0.15) is 6.61 Å². The molecule has 4 rings (SSSR count).